The Balaban J connectivity index is 2.01. The van der Waals surface area contributed by atoms with E-state index in [0.29, 0.717) is 6.54 Å². The van der Waals surface area contributed by atoms with Crippen LogP contribution in [0.2, 0.25) is 0 Å². The third-order valence-corrected chi connectivity index (χ3v) is 3.83. The first-order chi connectivity index (χ1) is 9.99. The van der Waals surface area contributed by atoms with Crippen molar-refractivity contribution in [2.24, 2.45) is 0 Å². The number of hydrogen-bond donors (Lipinski definition) is 1. The fraction of sp³-hybridized carbons (Fsp3) is 0.571. The van der Waals surface area contributed by atoms with Crippen LogP contribution in [0.3, 0.4) is 0 Å². The highest BCUT2D eigenvalue weighted by atomic mass is 19.1. The standard InChI is InChI=1S/C14H19F2N3O2/c1-10(18-5-3-2-4-6-18)9-17-14-12(15)7-11(19(20)21)8-13(14)16/h7-8,10,17H,2-6,9H2,1H3. The van der Waals surface area contributed by atoms with E-state index in [1.54, 1.807) is 0 Å². The molecule has 1 aromatic carbocycles. The monoisotopic (exact) mass is 299 g/mol. The number of benzene rings is 1. The quantitative estimate of drug-likeness (QED) is 0.670. The minimum atomic E-state index is -0.937. The predicted octanol–water partition coefficient (Wildman–Crippen LogP) is 3.16. The number of nitro groups is 1. The largest absolute Gasteiger partial charge is 0.379 e. The van der Waals surface area contributed by atoms with Crippen molar-refractivity contribution in [1.82, 2.24) is 4.90 Å². The summed E-state index contributed by atoms with van der Waals surface area (Å²) in [7, 11) is 0. The zero-order valence-electron chi connectivity index (χ0n) is 11.9. The van der Waals surface area contributed by atoms with Gasteiger partial charge >= 0.3 is 0 Å². The molecular formula is C14H19F2N3O2. The average molecular weight is 299 g/mol. The number of nitro benzene ring substituents is 1. The third-order valence-electron chi connectivity index (χ3n) is 3.83. The molecule has 1 atom stereocenters. The van der Waals surface area contributed by atoms with E-state index in [1.165, 1.54) is 6.42 Å². The maximum atomic E-state index is 13.7. The average Bonchev–Trinajstić information content (AvgIpc) is 2.46. The molecule has 5 nitrogen and oxygen atoms in total. The second kappa shape index (κ2) is 6.80. The van der Waals surface area contributed by atoms with Crippen molar-refractivity contribution in [1.29, 1.82) is 0 Å². The molecule has 1 N–H and O–H groups in total. The molecule has 1 aliphatic rings. The highest BCUT2D eigenvalue weighted by molar-refractivity contribution is 5.51. The Bertz CT molecular complexity index is 496. The van der Waals surface area contributed by atoms with Gasteiger partial charge in [0.05, 0.1) is 17.1 Å². The maximum absolute atomic E-state index is 13.7. The number of nitrogens with one attached hydrogen (secondary N) is 1. The summed E-state index contributed by atoms with van der Waals surface area (Å²) < 4.78 is 27.5. The van der Waals surface area contributed by atoms with Crippen molar-refractivity contribution in [2.45, 2.75) is 32.2 Å². The van der Waals surface area contributed by atoms with Gasteiger partial charge < -0.3 is 5.32 Å². The maximum Gasteiger partial charge on any atom is 0.275 e. The second-order valence-electron chi connectivity index (χ2n) is 5.37. The van der Waals surface area contributed by atoms with Crippen LogP contribution in [0.4, 0.5) is 20.2 Å². The summed E-state index contributed by atoms with van der Waals surface area (Å²) in [6.07, 6.45) is 3.51. The summed E-state index contributed by atoms with van der Waals surface area (Å²) in [6, 6.07) is 1.62. The number of nitrogens with zero attached hydrogens (tertiary/aromatic N) is 2. The molecule has 1 aliphatic heterocycles. The van der Waals surface area contributed by atoms with E-state index in [1.807, 2.05) is 6.92 Å². The van der Waals surface area contributed by atoms with Gasteiger partial charge in [-0.3, -0.25) is 15.0 Å². The molecule has 0 amide bonds. The lowest BCUT2D eigenvalue weighted by atomic mass is 10.1. The molecule has 1 saturated heterocycles. The van der Waals surface area contributed by atoms with E-state index in [0.717, 1.165) is 38.1 Å². The van der Waals surface area contributed by atoms with Crippen LogP contribution >= 0.6 is 0 Å². The lowest BCUT2D eigenvalue weighted by Crippen LogP contribution is -2.41. The van der Waals surface area contributed by atoms with E-state index in [9.17, 15) is 18.9 Å². The van der Waals surface area contributed by atoms with Gasteiger partial charge in [0.2, 0.25) is 0 Å². The summed E-state index contributed by atoms with van der Waals surface area (Å²) in [4.78, 5) is 12.0. The fourth-order valence-electron chi connectivity index (χ4n) is 2.57. The molecule has 0 saturated carbocycles. The van der Waals surface area contributed by atoms with Crippen LogP contribution in [0.5, 0.6) is 0 Å². The van der Waals surface area contributed by atoms with E-state index in [4.69, 9.17) is 0 Å². The Morgan fingerprint density at radius 2 is 1.86 bits per heavy atom. The second-order valence-corrected chi connectivity index (χ2v) is 5.37. The molecule has 2 rings (SSSR count). The highest BCUT2D eigenvalue weighted by Gasteiger charge is 2.20. The minimum Gasteiger partial charge on any atom is -0.379 e. The molecular weight excluding hydrogens is 280 g/mol. The van der Waals surface area contributed by atoms with Gasteiger partial charge in [0, 0.05) is 12.6 Å². The van der Waals surface area contributed by atoms with Gasteiger partial charge in [0.1, 0.15) is 5.69 Å². The molecule has 1 aromatic rings. The van der Waals surface area contributed by atoms with Gasteiger partial charge in [-0.2, -0.15) is 0 Å². The van der Waals surface area contributed by atoms with Crippen molar-refractivity contribution < 1.29 is 13.7 Å². The minimum absolute atomic E-state index is 0.152. The van der Waals surface area contributed by atoms with E-state index < -0.39 is 22.2 Å². The number of piperidine rings is 1. The topological polar surface area (TPSA) is 58.4 Å². The molecule has 1 fully saturated rings. The van der Waals surface area contributed by atoms with Crippen molar-refractivity contribution >= 4 is 11.4 Å². The molecule has 116 valence electrons. The Kier molecular flexibility index (Phi) is 5.06. The van der Waals surface area contributed by atoms with Crippen LogP contribution in [-0.2, 0) is 0 Å². The van der Waals surface area contributed by atoms with Gasteiger partial charge in [-0.05, 0) is 32.9 Å². The first-order valence-corrected chi connectivity index (χ1v) is 7.10. The number of likely N-dealkylation sites (tertiary alicyclic amines) is 1. The Labute approximate surface area is 122 Å². The lowest BCUT2D eigenvalue weighted by molar-refractivity contribution is -0.385. The van der Waals surface area contributed by atoms with E-state index >= 15 is 0 Å². The van der Waals surface area contributed by atoms with E-state index in [2.05, 4.69) is 10.2 Å². The third kappa shape index (κ3) is 3.87. The summed E-state index contributed by atoms with van der Waals surface area (Å²) in [5, 5.41) is 13.3. The van der Waals surface area contributed by atoms with Gasteiger partial charge in [0.25, 0.3) is 5.69 Å². The highest BCUT2D eigenvalue weighted by Crippen LogP contribution is 2.25. The Hall–Kier alpha value is -1.76. The number of non-ortho nitro benzene ring substituents is 1. The molecule has 0 aliphatic carbocycles. The van der Waals surface area contributed by atoms with Crippen molar-refractivity contribution in [3.63, 3.8) is 0 Å². The molecule has 1 unspecified atom stereocenters. The van der Waals surface area contributed by atoms with E-state index in [-0.39, 0.29) is 11.7 Å². The smallest absolute Gasteiger partial charge is 0.275 e. The first kappa shape index (κ1) is 15.6. The summed E-state index contributed by atoms with van der Waals surface area (Å²) in [5.74, 6) is -1.87. The zero-order valence-corrected chi connectivity index (χ0v) is 11.9. The van der Waals surface area contributed by atoms with Crippen LogP contribution < -0.4 is 5.32 Å². The first-order valence-electron chi connectivity index (χ1n) is 7.10. The number of rotatable bonds is 5. The van der Waals surface area contributed by atoms with Gasteiger partial charge in [0.15, 0.2) is 11.6 Å². The van der Waals surface area contributed by atoms with Crippen molar-refractivity contribution in [3.05, 3.63) is 33.9 Å². The molecule has 7 heteroatoms. The molecule has 0 radical (unpaired) electrons. The summed E-state index contributed by atoms with van der Waals surface area (Å²) in [6.45, 7) is 4.38. The number of anilines is 1. The molecule has 0 spiro atoms. The molecule has 1 heterocycles. The van der Waals surface area contributed by atoms with Crippen LogP contribution in [-0.4, -0.2) is 35.5 Å². The summed E-state index contributed by atoms with van der Waals surface area (Å²) in [5.41, 5.74) is -0.885. The SMILES string of the molecule is CC(CNc1c(F)cc([N+](=O)[O-])cc1F)N1CCCCC1. The molecule has 0 aromatic heterocycles. The Morgan fingerprint density at radius 1 is 1.29 bits per heavy atom. The van der Waals surface area contributed by atoms with Gasteiger partial charge in [-0.15, -0.1) is 0 Å². The number of hydrogen-bond acceptors (Lipinski definition) is 4. The molecule has 21 heavy (non-hydrogen) atoms. The lowest BCUT2D eigenvalue weighted by Gasteiger charge is -2.32. The fourth-order valence-corrected chi connectivity index (χ4v) is 2.57. The Morgan fingerprint density at radius 3 is 2.38 bits per heavy atom. The number of halogens is 2. The van der Waals surface area contributed by atoms with Crippen LogP contribution in [0.25, 0.3) is 0 Å². The van der Waals surface area contributed by atoms with Crippen LogP contribution in [0.15, 0.2) is 12.1 Å². The van der Waals surface area contributed by atoms with Gasteiger partial charge in [-0.25, -0.2) is 8.78 Å². The van der Waals surface area contributed by atoms with Crippen molar-refractivity contribution in [2.75, 3.05) is 25.0 Å². The molecule has 0 bridgehead atoms. The predicted molar refractivity (Wildman–Crippen MR) is 76.4 cm³/mol. The van der Waals surface area contributed by atoms with Crippen molar-refractivity contribution in [3.8, 4) is 0 Å². The summed E-state index contributed by atoms with van der Waals surface area (Å²) >= 11 is 0. The zero-order chi connectivity index (χ0) is 15.4. The van der Waals surface area contributed by atoms with Crippen LogP contribution in [0, 0.1) is 21.7 Å². The normalized spacial score (nSPS) is 17.5. The van der Waals surface area contributed by atoms with Gasteiger partial charge in [-0.1, -0.05) is 6.42 Å². The van der Waals surface area contributed by atoms with Crippen LogP contribution in [0.1, 0.15) is 26.2 Å².